The van der Waals surface area contributed by atoms with Gasteiger partial charge in [-0.15, -0.1) is 11.3 Å². The van der Waals surface area contributed by atoms with E-state index in [9.17, 15) is 23.3 Å². The second kappa shape index (κ2) is 14.0. The number of hydrogen-bond acceptors (Lipinski definition) is 6. The molecule has 3 atom stereocenters. The van der Waals surface area contributed by atoms with Crippen molar-refractivity contribution in [1.82, 2.24) is 14.9 Å². The molecule has 5 rings (SSSR count). The van der Waals surface area contributed by atoms with Gasteiger partial charge >= 0.3 is 0 Å². The van der Waals surface area contributed by atoms with Crippen LogP contribution in [0.25, 0.3) is 10.1 Å². The van der Waals surface area contributed by atoms with Gasteiger partial charge in [0.2, 0.25) is 15.9 Å². The minimum atomic E-state index is -3.80. The lowest BCUT2D eigenvalue weighted by atomic mass is 9.84. The first kappa shape index (κ1) is 31.2. The van der Waals surface area contributed by atoms with E-state index in [2.05, 4.69) is 10.6 Å². The molecule has 1 aliphatic carbocycles. The van der Waals surface area contributed by atoms with Crippen molar-refractivity contribution >= 4 is 43.3 Å². The third-order valence-corrected chi connectivity index (χ3v) is 12.1. The Hall–Kier alpha value is -3.26. The van der Waals surface area contributed by atoms with Crippen LogP contribution in [-0.4, -0.2) is 49.7 Å². The van der Waals surface area contributed by atoms with E-state index >= 15 is 0 Å². The van der Waals surface area contributed by atoms with Crippen molar-refractivity contribution in [3.63, 3.8) is 0 Å². The molecule has 10 heteroatoms. The van der Waals surface area contributed by atoms with Crippen molar-refractivity contribution < 1.29 is 18.0 Å². The molecule has 2 aromatic carbocycles. The standard InChI is InChI=1S/C33H40N4O4S2/c1-23(25-14-9-18-37(19-17-25)43(40,41)31-16-8-6-13-27(31)22-34)35-32(38)28(20-24-10-3-2-4-11-24)36-33(39)30-21-26-12-5-7-15-29(26)42-30/h5-8,12-13,15-16,21,23-25,28H,2-4,9-11,14,17-20H2,1H3,(H,35,38)(H,36,39)/t23-,25?,28-/m0/s1. The zero-order valence-corrected chi connectivity index (χ0v) is 26.3. The Morgan fingerprint density at radius 3 is 2.49 bits per heavy atom. The van der Waals surface area contributed by atoms with Gasteiger partial charge in [-0.2, -0.15) is 9.57 Å². The van der Waals surface area contributed by atoms with E-state index < -0.39 is 16.1 Å². The average Bonchev–Trinajstić information content (AvgIpc) is 3.30. The number of fused-ring (bicyclic) bond motifs is 1. The smallest absolute Gasteiger partial charge is 0.262 e. The van der Waals surface area contributed by atoms with Crippen LogP contribution in [0.15, 0.2) is 59.5 Å². The fourth-order valence-electron chi connectivity index (χ4n) is 6.51. The third-order valence-electron chi connectivity index (χ3n) is 9.00. The predicted octanol–water partition coefficient (Wildman–Crippen LogP) is 5.84. The molecular weight excluding hydrogens is 581 g/mol. The van der Waals surface area contributed by atoms with Crippen molar-refractivity contribution in [2.45, 2.75) is 81.7 Å². The van der Waals surface area contributed by atoms with Crippen LogP contribution in [0.4, 0.5) is 0 Å². The second-order valence-electron chi connectivity index (χ2n) is 11.9. The topological polar surface area (TPSA) is 119 Å². The van der Waals surface area contributed by atoms with Gasteiger partial charge in [0.15, 0.2) is 0 Å². The quantitative estimate of drug-likeness (QED) is 0.312. The Balaban J connectivity index is 1.24. The first-order valence-corrected chi connectivity index (χ1v) is 17.6. The number of carbonyl (C=O) groups is 2. The van der Waals surface area contributed by atoms with Gasteiger partial charge in [-0.25, -0.2) is 8.42 Å². The predicted molar refractivity (Wildman–Crippen MR) is 169 cm³/mol. The molecule has 0 spiro atoms. The highest BCUT2D eigenvalue weighted by Crippen LogP contribution is 2.30. The molecule has 2 amide bonds. The third kappa shape index (κ3) is 7.46. The lowest BCUT2D eigenvalue weighted by molar-refractivity contribution is -0.124. The Morgan fingerprint density at radius 2 is 1.72 bits per heavy atom. The molecular formula is C33H40N4O4S2. The Labute approximate surface area is 258 Å². The Kier molecular flexibility index (Phi) is 10.2. The first-order chi connectivity index (χ1) is 20.8. The largest absolute Gasteiger partial charge is 0.352 e. The van der Waals surface area contributed by atoms with Gasteiger partial charge in [-0.1, -0.05) is 62.4 Å². The number of benzene rings is 2. The highest BCUT2D eigenvalue weighted by molar-refractivity contribution is 7.89. The van der Waals surface area contributed by atoms with E-state index in [0.717, 1.165) is 42.2 Å². The molecule has 1 unspecified atom stereocenters. The highest BCUT2D eigenvalue weighted by atomic mass is 32.2. The molecule has 43 heavy (non-hydrogen) atoms. The molecule has 0 bridgehead atoms. The molecule has 1 saturated heterocycles. The van der Waals surface area contributed by atoms with E-state index in [4.69, 9.17) is 0 Å². The van der Waals surface area contributed by atoms with Crippen LogP contribution < -0.4 is 10.6 Å². The summed E-state index contributed by atoms with van der Waals surface area (Å²) in [5, 5.41) is 16.7. The minimum absolute atomic E-state index is 0.0391. The van der Waals surface area contributed by atoms with E-state index in [-0.39, 0.29) is 34.2 Å². The summed E-state index contributed by atoms with van der Waals surface area (Å²) in [7, 11) is -3.80. The Morgan fingerprint density at radius 1 is 0.977 bits per heavy atom. The maximum atomic E-state index is 13.7. The van der Waals surface area contributed by atoms with Gasteiger partial charge in [0.05, 0.1) is 15.3 Å². The molecule has 1 aromatic heterocycles. The van der Waals surface area contributed by atoms with Gasteiger partial charge in [0.25, 0.3) is 5.91 Å². The fraction of sp³-hybridized carbons (Fsp3) is 0.485. The van der Waals surface area contributed by atoms with Crippen LogP contribution in [0.5, 0.6) is 0 Å². The number of carbonyl (C=O) groups excluding carboxylic acids is 2. The number of amides is 2. The molecule has 228 valence electrons. The van der Waals surface area contributed by atoms with Crippen LogP contribution in [-0.2, 0) is 14.8 Å². The highest BCUT2D eigenvalue weighted by Gasteiger charge is 2.33. The van der Waals surface area contributed by atoms with Crippen molar-refractivity contribution in [2.75, 3.05) is 13.1 Å². The maximum Gasteiger partial charge on any atom is 0.262 e. The lowest BCUT2D eigenvalue weighted by Gasteiger charge is -2.29. The van der Waals surface area contributed by atoms with Gasteiger partial charge in [0.1, 0.15) is 12.1 Å². The van der Waals surface area contributed by atoms with Gasteiger partial charge in [0, 0.05) is 23.8 Å². The zero-order chi connectivity index (χ0) is 30.4. The molecule has 2 heterocycles. The molecule has 1 saturated carbocycles. The molecule has 2 fully saturated rings. The fourth-order valence-corrected chi connectivity index (χ4v) is 9.11. The van der Waals surface area contributed by atoms with E-state index in [0.29, 0.717) is 43.1 Å². The molecule has 2 N–H and O–H groups in total. The van der Waals surface area contributed by atoms with Crippen LogP contribution in [0.1, 0.15) is 79.9 Å². The van der Waals surface area contributed by atoms with Gasteiger partial charge in [-0.05, 0) is 74.1 Å². The minimum Gasteiger partial charge on any atom is -0.352 e. The Bertz CT molecular complexity index is 1560. The summed E-state index contributed by atoms with van der Waals surface area (Å²) in [5.41, 5.74) is 0.144. The lowest BCUT2D eigenvalue weighted by Crippen LogP contribution is -2.51. The molecule has 2 aliphatic rings. The van der Waals surface area contributed by atoms with E-state index in [1.165, 1.54) is 34.2 Å². The molecule has 8 nitrogen and oxygen atoms in total. The molecule has 0 radical (unpaired) electrons. The van der Waals surface area contributed by atoms with Gasteiger partial charge < -0.3 is 10.6 Å². The summed E-state index contributed by atoms with van der Waals surface area (Å²) in [6, 6.07) is 17.2. The summed E-state index contributed by atoms with van der Waals surface area (Å²) in [6.45, 7) is 2.67. The summed E-state index contributed by atoms with van der Waals surface area (Å²) >= 11 is 1.43. The summed E-state index contributed by atoms with van der Waals surface area (Å²) in [6.07, 6.45) is 8.30. The van der Waals surface area contributed by atoms with E-state index in [1.54, 1.807) is 12.1 Å². The first-order valence-electron chi connectivity index (χ1n) is 15.4. The molecule has 3 aromatic rings. The van der Waals surface area contributed by atoms with Crippen molar-refractivity contribution in [2.24, 2.45) is 11.8 Å². The number of nitrogens with one attached hydrogen (secondary N) is 2. The number of nitrogens with zero attached hydrogens (tertiary/aromatic N) is 2. The van der Waals surface area contributed by atoms with Crippen molar-refractivity contribution in [3.8, 4) is 6.07 Å². The van der Waals surface area contributed by atoms with Crippen molar-refractivity contribution in [3.05, 3.63) is 65.0 Å². The van der Waals surface area contributed by atoms with Crippen LogP contribution in [0.2, 0.25) is 0 Å². The zero-order valence-electron chi connectivity index (χ0n) is 24.6. The number of sulfonamides is 1. The number of rotatable bonds is 9. The van der Waals surface area contributed by atoms with Gasteiger partial charge in [-0.3, -0.25) is 9.59 Å². The number of nitriles is 1. The van der Waals surface area contributed by atoms with Crippen LogP contribution in [0.3, 0.4) is 0 Å². The molecule has 1 aliphatic heterocycles. The van der Waals surface area contributed by atoms with Crippen LogP contribution in [0, 0.1) is 23.2 Å². The monoisotopic (exact) mass is 620 g/mol. The summed E-state index contributed by atoms with van der Waals surface area (Å²) in [5.74, 6) is 0.0846. The van der Waals surface area contributed by atoms with Crippen LogP contribution >= 0.6 is 11.3 Å². The van der Waals surface area contributed by atoms with E-state index in [1.807, 2.05) is 43.3 Å². The number of hydrogen-bond donors (Lipinski definition) is 2. The maximum absolute atomic E-state index is 13.7. The van der Waals surface area contributed by atoms with Crippen molar-refractivity contribution in [1.29, 1.82) is 5.26 Å². The average molecular weight is 621 g/mol. The normalized spacial score (nSPS) is 20.0. The summed E-state index contributed by atoms with van der Waals surface area (Å²) < 4.78 is 29.3. The SMILES string of the molecule is C[C@H](NC(=O)[C@H](CC1CCCCC1)NC(=O)c1cc2ccccc2s1)C1CCCN(S(=O)(=O)c2ccccc2C#N)CC1. The second-order valence-corrected chi connectivity index (χ2v) is 14.9. The summed E-state index contributed by atoms with van der Waals surface area (Å²) in [4.78, 5) is 27.7. The number of thiophene rings is 1.